The average molecular weight is 226 g/mol. The van der Waals surface area contributed by atoms with E-state index in [1.165, 1.54) is 4.88 Å². The second kappa shape index (κ2) is 4.39. The Labute approximate surface area is 90.8 Å². The molecule has 0 aliphatic rings. The van der Waals surface area contributed by atoms with Crippen molar-refractivity contribution in [3.05, 3.63) is 39.9 Å². The SMILES string of the molecule is Clc1ccc(CNc2cnccn2)s1. The Balaban J connectivity index is 1.95. The van der Waals surface area contributed by atoms with Crippen molar-refractivity contribution in [1.82, 2.24) is 9.97 Å². The van der Waals surface area contributed by atoms with E-state index in [0.29, 0.717) is 0 Å². The number of hydrogen-bond acceptors (Lipinski definition) is 4. The number of thiophene rings is 1. The average Bonchev–Trinajstić information content (AvgIpc) is 2.63. The Kier molecular flexibility index (Phi) is 2.96. The van der Waals surface area contributed by atoms with Gasteiger partial charge in [-0.3, -0.25) is 4.98 Å². The third-order valence-corrected chi connectivity index (χ3v) is 2.87. The lowest BCUT2D eigenvalue weighted by Gasteiger charge is -2.01. The van der Waals surface area contributed by atoms with E-state index in [2.05, 4.69) is 15.3 Å². The van der Waals surface area contributed by atoms with E-state index in [1.807, 2.05) is 12.1 Å². The van der Waals surface area contributed by atoms with Crippen molar-refractivity contribution in [3.8, 4) is 0 Å². The van der Waals surface area contributed by atoms with Crippen LogP contribution in [0.5, 0.6) is 0 Å². The summed E-state index contributed by atoms with van der Waals surface area (Å²) in [5, 5.41) is 3.15. The lowest BCUT2D eigenvalue weighted by atomic mass is 10.4. The molecule has 72 valence electrons. The predicted molar refractivity (Wildman–Crippen MR) is 58.7 cm³/mol. The fraction of sp³-hybridized carbons (Fsp3) is 0.111. The Morgan fingerprint density at radius 1 is 1.36 bits per heavy atom. The summed E-state index contributed by atoms with van der Waals surface area (Å²) in [5.74, 6) is 0.775. The fourth-order valence-electron chi connectivity index (χ4n) is 1.01. The van der Waals surface area contributed by atoms with Crippen LogP contribution in [0.2, 0.25) is 4.34 Å². The van der Waals surface area contributed by atoms with E-state index >= 15 is 0 Å². The summed E-state index contributed by atoms with van der Waals surface area (Å²) in [4.78, 5) is 9.23. The summed E-state index contributed by atoms with van der Waals surface area (Å²) in [7, 11) is 0. The van der Waals surface area contributed by atoms with Gasteiger partial charge in [0.1, 0.15) is 5.82 Å². The van der Waals surface area contributed by atoms with Gasteiger partial charge in [0.25, 0.3) is 0 Å². The molecule has 5 heteroatoms. The Bertz CT molecular complexity index is 401. The molecule has 0 saturated heterocycles. The zero-order chi connectivity index (χ0) is 9.80. The molecule has 0 amide bonds. The fourth-order valence-corrected chi connectivity index (χ4v) is 2.04. The molecule has 0 atom stereocenters. The molecule has 0 radical (unpaired) electrons. The highest BCUT2D eigenvalue weighted by molar-refractivity contribution is 7.16. The number of rotatable bonds is 3. The van der Waals surface area contributed by atoms with Crippen LogP contribution in [0.15, 0.2) is 30.7 Å². The van der Waals surface area contributed by atoms with Gasteiger partial charge in [0, 0.05) is 17.3 Å². The maximum absolute atomic E-state index is 5.80. The molecule has 0 unspecified atom stereocenters. The summed E-state index contributed by atoms with van der Waals surface area (Å²) in [6, 6.07) is 3.89. The lowest BCUT2D eigenvalue weighted by Crippen LogP contribution is -1.99. The Morgan fingerprint density at radius 2 is 2.29 bits per heavy atom. The molecular weight excluding hydrogens is 218 g/mol. The van der Waals surface area contributed by atoms with Crippen molar-refractivity contribution in [2.75, 3.05) is 5.32 Å². The minimum atomic E-state index is 0.732. The van der Waals surface area contributed by atoms with Gasteiger partial charge in [0.05, 0.1) is 17.1 Å². The van der Waals surface area contributed by atoms with E-state index in [4.69, 9.17) is 11.6 Å². The second-order valence-electron chi connectivity index (χ2n) is 2.65. The van der Waals surface area contributed by atoms with Crippen LogP contribution < -0.4 is 5.32 Å². The predicted octanol–water partition coefficient (Wildman–Crippen LogP) is 2.80. The maximum Gasteiger partial charge on any atom is 0.144 e. The second-order valence-corrected chi connectivity index (χ2v) is 4.45. The van der Waals surface area contributed by atoms with Gasteiger partial charge in [0.2, 0.25) is 0 Å². The van der Waals surface area contributed by atoms with E-state index in [1.54, 1.807) is 29.9 Å². The molecule has 0 saturated carbocycles. The molecule has 2 aromatic heterocycles. The van der Waals surface area contributed by atoms with Gasteiger partial charge in [-0.15, -0.1) is 11.3 Å². The standard InChI is InChI=1S/C9H8ClN3S/c10-8-2-1-7(14-8)5-13-9-6-11-3-4-12-9/h1-4,6H,5H2,(H,12,13). The van der Waals surface area contributed by atoms with Gasteiger partial charge < -0.3 is 5.32 Å². The van der Waals surface area contributed by atoms with Crippen molar-refractivity contribution >= 4 is 28.8 Å². The Hall–Kier alpha value is -1.13. The van der Waals surface area contributed by atoms with Crippen LogP contribution >= 0.6 is 22.9 Å². The quantitative estimate of drug-likeness (QED) is 0.873. The first-order chi connectivity index (χ1) is 6.84. The maximum atomic E-state index is 5.80. The largest absolute Gasteiger partial charge is 0.364 e. The third kappa shape index (κ3) is 2.43. The first-order valence-electron chi connectivity index (χ1n) is 4.09. The first kappa shape index (κ1) is 9.43. The highest BCUT2D eigenvalue weighted by atomic mass is 35.5. The molecule has 2 rings (SSSR count). The highest BCUT2D eigenvalue weighted by Crippen LogP contribution is 2.21. The molecule has 0 aliphatic carbocycles. The van der Waals surface area contributed by atoms with E-state index in [-0.39, 0.29) is 0 Å². The first-order valence-corrected chi connectivity index (χ1v) is 5.28. The van der Waals surface area contributed by atoms with Gasteiger partial charge in [-0.1, -0.05) is 11.6 Å². The minimum absolute atomic E-state index is 0.732. The number of nitrogens with one attached hydrogen (secondary N) is 1. The topological polar surface area (TPSA) is 37.8 Å². The molecule has 0 aromatic carbocycles. The van der Waals surface area contributed by atoms with Gasteiger partial charge in [0.15, 0.2) is 0 Å². The zero-order valence-electron chi connectivity index (χ0n) is 7.27. The summed E-state index contributed by atoms with van der Waals surface area (Å²) in [6.07, 6.45) is 4.99. The van der Waals surface area contributed by atoms with Crippen LogP contribution in [-0.2, 0) is 6.54 Å². The van der Waals surface area contributed by atoms with E-state index < -0.39 is 0 Å². The number of halogens is 1. The lowest BCUT2D eigenvalue weighted by molar-refractivity contribution is 1.11. The van der Waals surface area contributed by atoms with Gasteiger partial charge in [-0.05, 0) is 12.1 Å². The van der Waals surface area contributed by atoms with Crippen molar-refractivity contribution in [1.29, 1.82) is 0 Å². The molecule has 0 bridgehead atoms. The van der Waals surface area contributed by atoms with Crippen molar-refractivity contribution in [2.24, 2.45) is 0 Å². The summed E-state index contributed by atoms with van der Waals surface area (Å²) in [6.45, 7) is 0.732. The summed E-state index contributed by atoms with van der Waals surface area (Å²) < 4.78 is 0.806. The van der Waals surface area contributed by atoms with Gasteiger partial charge in [-0.25, -0.2) is 4.98 Å². The Morgan fingerprint density at radius 3 is 2.93 bits per heavy atom. The van der Waals surface area contributed by atoms with Crippen LogP contribution in [-0.4, -0.2) is 9.97 Å². The van der Waals surface area contributed by atoms with Crippen LogP contribution in [0.4, 0.5) is 5.82 Å². The number of nitrogens with zero attached hydrogens (tertiary/aromatic N) is 2. The third-order valence-electron chi connectivity index (χ3n) is 1.64. The molecule has 1 N–H and O–H groups in total. The molecule has 2 aromatic rings. The minimum Gasteiger partial charge on any atom is -0.364 e. The highest BCUT2D eigenvalue weighted by Gasteiger charge is 1.97. The molecular formula is C9H8ClN3S. The van der Waals surface area contributed by atoms with Gasteiger partial charge >= 0.3 is 0 Å². The molecule has 3 nitrogen and oxygen atoms in total. The van der Waals surface area contributed by atoms with Crippen molar-refractivity contribution < 1.29 is 0 Å². The van der Waals surface area contributed by atoms with Crippen molar-refractivity contribution in [3.63, 3.8) is 0 Å². The molecule has 0 spiro atoms. The molecule has 14 heavy (non-hydrogen) atoms. The van der Waals surface area contributed by atoms with Crippen LogP contribution in [0.3, 0.4) is 0 Å². The monoisotopic (exact) mass is 225 g/mol. The summed E-state index contributed by atoms with van der Waals surface area (Å²) >= 11 is 7.37. The van der Waals surface area contributed by atoms with Crippen molar-refractivity contribution in [2.45, 2.75) is 6.54 Å². The van der Waals surface area contributed by atoms with E-state index in [9.17, 15) is 0 Å². The molecule has 2 heterocycles. The van der Waals surface area contributed by atoms with Crippen LogP contribution in [0.1, 0.15) is 4.88 Å². The number of aromatic nitrogens is 2. The number of hydrogen-bond donors (Lipinski definition) is 1. The van der Waals surface area contributed by atoms with Gasteiger partial charge in [-0.2, -0.15) is 0 Å². The normalized spacial score (nSPS) is 10.1. The smallest absolute Gasteiger partial charge is 0.144 e. The summed E-state index contributed by atoms with van der Waals surface area (Å²) in [5.41, 5.74) is 0. The molecule has 0 fully saturated rings. The van der Waals surface area contributed by atoms with Crippen LogP contribution in [0.25, 0.3) is 0 Å². The number of anilines is 1. The van der Waals surface area contributed by atoms with E-state index in [0.717, 1.165) is 16.7 Å². The zero-order valence-corrected chi connectivity index (χ0v) is 8.85. The molecule has 0 aliphatic heterocycles. The van der Waals surface area contributed by atoms with Crippen LogP contribution in [0, 0.1) is 0 Å².